The number of aromatic nitrogens is 1. The van der Waals surface area contributed by atoms with Gasteiger partial charge in [0.15, 0.2) is 0 Å². The molecule has 0 bridgehead atoms. The number of pyridine rings is 1. The van der Waals surface area contributed by atoms with Crippen molar-refractivity contribution in [3.63, 3.8) is 0 Å². The summed E-state index contributed by atoms with van der Waals surface area (Å²) in [5, 5.41) is 9.64. The minimum absolute atomic E-state index is 0.290. The third-order valence-electron chi connectivity index (χ3n) is 4.67. The van der Waals surface area contributed by atoms with Crippen LogP contribution in [0, 0.1) is 11.3 Å². The Morgan fingerprint density at radius 3 is 2.62 bits per heavy atom. The molecule has 1 fully saturated rings. The van der Waals surface area contributed by atoms with Crippen molar-refractivity contribution in [2.24, 2.45) is 0 Å². The number of quaternary nitrogens is 1. The number of hydrogen-bond donors (Lipinski definition) is 1. The van der Waals surface area contributed by atoms with Crippen LogP contribution in [0.3, 0.4) is 0 Å². The van der Waals surface area contributed by atoms with Crippen LogP contribution in [0.5, 0.6) is 0 Å². The third kappa shape index (κ3) is 3.68. The summed E-state index contributed by atoms with van der Waals surface area (Å²) in [6.45, 7) is 5.82. The average molecular weight is 352 g/mol. The third-order valence-corrected chi connectivity index (χ3v) is 4.67. The summed E-state index contributed by atoms with van der Waals surface area (Å²) in [4.78, 5) is 19.5. The van der Waals surface area contributed by atoms with Gasteiger partial charge in [0.1, 0.15) is 49.1 Å². The monoisotopic (exact) mass is 352 g/mol. The highest BCUT2D eigenvalue weighted by atomic mass is 16.5. The SMILES string of the molecule is CCOC(=O)c1cc(C#N)c(N2CC[NH+](C)CC2)[nH+]c1-c1ccccc1. The number of hydrogen-bond acceptors (Lipinski definition) is 4. The molecule has 6 nitrogen and oxygen atoms in total. The van der Waals surface area contributed by atoms with Crippen molar-refractivity contribution in [2.45, 2.75) is 6.92 Å². The first-order chi connectivity index (χ1) is 12.6. The lowest BCUT2D eigenvalue weighted by Crippen LogP contribution is -3.12. The van der Waals surface area contributed by atoms with E-state index in [1.54, 1.807) is 13.0 Å². The zero-order chi connectivity index (χ0) is 18.5. The van der Waals surface area contributed by atoms with Crippen LogP contribution >= 0.6 is 0 Å². The summed E-state index contributed by atoms with van der Waals surface area (Å²) in [7, 11) is 2.17. The summed E-state index contributed by atoms with van der Waals surface area (Å²) in [5.41, 5.74) is 2.43. The van der Waals surface area contributed by atoms with E-state index in [4.69, 9.17) is 4.74 Å². The molecule has 1 aromatic carbocycles. The first kappa shape index (κ1) is 17.9. The number of ether oxygens (including phenoxy) is 1. The second-order valence-corrected chi connectivity index (χ2v) is 6.46. The highest BCUT2D eigenvalue weighted by Gasteiger charge is 2.30. The fourth-order valence-electron chi connectivity index (χ4n) is 3.19. The van der Waals surface area contributed by atoms with E-state index < -0.39 is 5.97 Å². The smallest absolute Gasteiger partial charge is 0.342 e. The summed E-state index contributed by atoms with van der Waals surface area (Å²) >= 11 is 0. The number of carbonyl (C=O) groups is 1. The first-order valence-electron chi connectivity index (χ1n) is 8.93. The molecule has 0 aliphatic carbocycles. The number of esters is 1. The van der Waals surface area contributed by atoms with Gasteiger partial charge in [0.25, 0.3) is 5.82 Å². The van der Waals surface area contributed by atoms with Crippen LogP contribution in [0.1, 0.15) is 22.8 Å². The summed E-state index contributed by atoms with van der Waals surface area (Å²) in [6, 6.07) is 13.6. The molecule has 0 spiro atoms. The van der Waals surface area contributed by atoms with Gasteiger partial charge in [-0.25, -0.2) is 14.7 Å². The zero-order valence-electron chi connectivity index (χ0n) is 15.2. The molecule has 2 aromatic rings. The van der Waals surface area contributed by atoms with Crippen LogP contribution in [-0.2, 0) is 4.74 Å². The van der Waals surface area contributed by atoms with E-state index in [0.717, 1.165) is 37.6 Å². The lowest BCUT2D eigenvalue weighted by Gasteiger charge is -2.26. The van der Waals surface area contributed by atoms with Crippen LogP contribution in [0.25, 0.3) is 11.3 Å². The largest absolute Gasteiger partial charge is 0.462 e. The Bertz CT molecular complexity index is 822. The molecule has 26 heavy (non-hydrogen) atoms. The number of H-pyrrole nitrogens is 1. The van der Waals surface area contributed by atoms with Crippen molar-refractivity contribution in [3.8, 4) is 17.3 Å². The topological polar surface area (TPSA) is 71.9 Å². The Morgan fingerprint density at radius 2 is 2.00 bits per heavy atom. The van der Waals surface area contributed by atoms with Gasteiger partial charge in [0.2, 0.25) is 0 Å². The molecular formula is C20H24N4O2+2. The number of anilines is 1. The fourth-order valence-corrected chi connectivity index (χ4v) is 3.19. The van der Waals surface area contributed by atoms with E-state index >= 15 is 0 Å². The maximum atomic E-state index is 12.5. The molecule has 3 rings (SSSR count). The van der Waals surface area contributed by atoms with Crippen LogP contribution < -0.4 is 14.8 Å². The summed E-state index contributed by atoms with van der Waals surface area (Å²) < 4.78 is 5.20. The van der Waals surface area contributed by atoms with Crippen molar-refractivity contribution >= 4 is 11.8 Å². The number of rotatable bonds is 4. The molecule has 1 aliphatic rings. The van der Waals surface area contributed by atoms with E-state index in [-0.39, 0.29) is 6.61 Å². The van der Waals surface area contributed by atoms with Crippen LogP contribution in [0.2, 0.25) is 0 Å². The summed E-state index contributed by atoms with van der Waals surface area (Å²) in [5.74, 6) is 0.348. The summed E-state index contributed by atoms with van der Waals surface area (Å²) in [6.07, 6.45) is 0. The van der Waals surface area contributed by atoms with Gasteiger partial charge in [-0.2, -0.15) is 5.26 Å². The van der Waals surface area contributed by atoms with Gasteiger partial charge in [-0.05, 0) is 13.0 Å². The molecule has 2 heterocycles. The van der Waals surface area contributed by atoms with Crippen molar-refractivity contribution in [1.82, 2.24) is 0 Å². The van der Waals surface area contributed by atoms with Crippen molar-refractivity contribution < 1.29 is 19.4 Å². The molecule has 0 amide bonds. The Labute approximate surface area is 153 Å². The lowest BCUT2D eigenvalue weighted by molar-refractivity contribution is -0.880. The molecule has 0 atom stereocenters. The quantitative estimate of drug-likeness (QED) is 0.816. The standard InChI is InChI=1S/C20H22N4O2/c1-3-26-20(25)17-13-16(14-21)19(24-11-9-23(2)10-12-24)22-18(17)15-7-5-4-6-8-15/h4-8,13H,3,9-12H2,1-2H3/p+2. The maximum Gasteiger partial charge on any atom is 0.342 e. The Balaban J connectivity index is 2.11. The number of benzene rings is 1. The van der Waals surface area contributed by atoms with Crippen molar-refractivity contribution in [1.29, 1.82) is 5.26 Å². The number of nitrogens with one attached hydrogen (secondary N) is 2. The minimum atomic E-state index is -0.423. The number of carbonyl (C=O) groups excluding carboxylic acids is 1. The van der Waals surface area contributed by atoms with Crippen molar-refractivity contribution in [2.75, 3.05) is 44.7 Å². The molecule has 2 N–H and O–H groups in total. The van der Waals surface area contributed by atoms with E-state index in [1.807, 2.05) is 30.3 Å². The molecule has 0 radical (unpaired) electrons. The maximum absolute atomic E-state index is 12.5. The normalized spacial score (nSPS) is 14.7. The van der Waals surface area contributed by atoms with Crippen LogP contribution in [0.4, 0.5) is 5.82 Å². The minimum Gasteiger partial charge on any atom is -0.462 e. The van der Waals surface area contributed by atoms with Gasteiger partial charge in [-0.3, -0.25) is 0 Å². The molecule has 1 aromatic heterocycles. The Morgan fingerprint density at radius 1 is 1.31 bits per heavy atom. The molecular weight excluding hydrogens is 328 g/mol. The van der Waals surface area contributed by atoms with E-state index in [9.17, 15) is 10.1 Å². The van der Waals surface area contributed by atoms with Crippen molar-refractivity contribution in [3.05, 3.63) is 47.5 Å². The second-order valence-electron chi connectivity index (χ2n) is 6.46. The average Bonchev–Trinajstić information content (AvgIpc) is 2.68. The molecule has 0 unspecified atom stereocenters. The molecule has 134 valence electrons. The van der Waals surface area contributed by atoms with E-state index in [2.05, 4.69) is 23.0 Å². The zero-order valence-corrected chi connectivity index (χ0v) is 15.2. The number of likely N-dealkylation sites (N-methyl/N-ethyl adjacent to an activating group) is 1. The highest BCUT2D eigenvalue weighted by Crippen LogP contribution is 2.25. The Hall–Kier alpha value is -2.91. The van der Waals surface area contributed by atoms with Gasteiger partial charge in [-0.15, -0.1) is 0 Å². The number of aromatic amines is 1. The van der Waals surface area contributed by atoms with Crippen LogP contribution in [0.15, 0.2) is 36.4 Å². The Kier molecular flexibility index (Phi) is 5.49. The lowest BCUT2D eigenvalue weighted by atomic mass is 10.0. The van der Waals surface area contributed by atoms with Gasteiger partial charge < -0.3 is 9.64 Å². The number of piperazine rings is 1. The predicted octanol–water partition coefficient (Wildman–Crippen LogP) is 0.551. The number of nitriles is 1. The highest BCUT2D eigenvalue weighted by molar-refractivity contribution is 5.96. The molecule has 1 saturated heterocycles. The van der Waals surface area contributed by atoms with Gasteiger partial charge >= 0.3 is 5.97 Å². The van der Waals surface area contributed by atoms with Gasteiger partial charge in [0.05, 0.1) is 13.7 Å². The molecule has 6 heteroatoms. The molecule has 1 aliphatic heterocycles. The second kappa shape index (κ2) is 7.98. The van der Waals surface area contributed by atoms with E-state index in [0.29, 0.717) is 16.8 Å². The number of nitrogens with zero attached hydrogens (tertiary/aromatic N) is 2. The predicted molar refractivity (Wildman–Crippen MR) is 97.9 cm³/mol. The van der Waals surface area contributed by atoms with Gasteiger partial charge in [-0.1, -0.05) is 30.3 Å². The van der Waals surface area contributed by atoms with E-state index in [1.165, 1.54) is 4.90 Å². The van der Waals surface area contributed by atoms with Gasteiger partial charge in [0, 0.05) is 5.56 Å². The first-order valence-corrected chi connectivity index (χ1v) is 8.93. The molecule has 0 saturated carbocycles. The fraction of sp³-hybridized carbons (Fsp3) is 0.350. The van der Waals surface area contributed by atoms with Crippen LogP contribution in [-0.4, -0.2) is 45.8 Å².